The number of anilines is 8. The summed E-state index contributed by atoms with van der Waals surface area (Å²) < 4.78 is 215. The summed E-state index contributed by atoms with van der Waals surface area (Å²) in [5.74, 6) is -24.8. The van der Waals surface area contributed by atoms with E-state index in [-0.39, 0.29) is 142 Å². The zero-order valence-electron chi connectivity index (χ0n) is 83.2. The molecule has 14 aromatic rings. The molecule has 0 radical (unpaired) electrons. The largest absolute Gasteiger partial charge is 0.397 e. The molecule has 712 valence electrons. The molecular weight excluding hydrogens is 2060 g/mol. The van der Waals surface area contributed by atoms with Crippen molar-refractivity contribution in [1.82, 2.24) is 34.9 Å². The number of thioether (sulfide) groups is 7. The molecule has 7 heterocycles. The van der Waals surface area contributed by atoms with Crippen LogP contribution in [0.3, 0.4) is 0 Å². The van der Waals surface area contributed by atoms with Gasteiger partial charge in [-0.15, -0.1) is 0 Å². The number of nitrogens with one attached hydrogen (secondary N) is 7. The van der Waals surface area contributed by atoms with Crippen LogP contribution in [-0.4, -0.2) is 125 Å². The number of hydrogen-bond donors (Lipinski definition) is 8. The topological polar surface area (TPSA) is 355 Å². The van der Waals surface area contributed by atoms with Crippen molar-refractivity contribution in [2.75, 3.05) is 84.7 Å². The van der Waals surface area contributed by atoms with Crippen LogP contribution in [0.2, 0.25) is 15.1 Å². The molecular formula is C91H71Cl3F9N17O8S10. The number of nitro benzene ring substituents is 2. The van der Waals surface area contributed by atoms with Gasteiger partial charge >= 0.3 is 0 Å². The Labute approximate surface area is 863 Å². The zero-order chi connectivity index (χ0) is 112. The van der Waals surface area contributed by atoms with Crippen molar-refractivity contribution in [3.63, 3.8) is 0 Å². The Hall–Kier alpha value is -12.6. The lowest BCUT2D eigenvalue weighted by atomic mass is 10.2. The molecule has 4 amide bonds. The van der Waals surface area contributed by atoms with Crippen molar-refractivity contribution in [3.8, 4) is 0 Å². The van der Waals surface area contributed by atoms with Crippen molar-refractivity contribution in [1.29, 1.82) is 0 Å². The number of nitro groups is 2. The third kappa shape index (κ3) is 37.4. The van der Waals surface area contributed by atoms with E-state index in [1.807, 2.05) is 6.07 Å². The average Bonchev–Trinajstić information content (AvgIpc) is 0.832. The lowest BCUT2D eigenvalue weighted by Crippen LogP contribution is -2.15. The fourth-order valence-corrected chi connectivity index (χ4v) is 14.8. The summed E-state index contributed by atoms with van der Waals surface area (Å²) >= 11 is 34.7. The van der Waals surface area contributed by atoms with Crippen molar-refractivity contribution >= 4 is 249 Å². The molecule has 0 aliphatic carbocycles. The third-order valence-electron chi connectivity index (χ3n) is 16.3. The van der Waals surface area contributed by atoms with Gasteiger partial charge in [0.15, 0.2) is 5.69 Å². The number of alkyl halides is 7. The van der Waals surface area contributed by atoms with Gasteiger partial charge in [-0.25, -0.2) is 44.5 Å². The SMILES string of the molecule is [2H]C([2H])(F)Sc1cc(NC(=O)c2ccccn2)ccc1Cl.[2H]C([2H])(F)Sc1cc(NC(=O)c2ccccn2)ccc1F.[2H]C([2H])(F)Sc1cc(NC(=O)c2ccccn2)ccc1[N+](=O)[O-].[2H]C([2H])(F)Sc1cc(NC(=O)c2ncccc2N)ccc1Cl.[2H]C([2H])(F)Sc1cc(NC(=S)c2ccccn2)ccc1Cl.[2H]C([2H])(F)Sc1cc(NC(=S)c2ccccn2)ccc1F.[2H]C([2H])(F)Sc1cc(NC(=S)c2ccccn2)ccc1[N+](=O)[O-]. The summed E-state index contributed by atoms with van der Waals surface area (Å²) in [6.45, 7) is 0. The lowest BCUT2D eigenvalue weighted by molar-refractivity contribution is -0.387. The van der Waals surface area contributed by atoms with Gasteiger partial charge in [0, 0.05) is 120 Å². The highest BCUT2D eigenvalue weighted by Crippen LogP contribution is 2.37. The standard InChI is InChI=1S/C13H11ClFN3OS.C13H10ClFN2OS.C13H10ClFN2S2.C13H10F2N2OS.C13H10F2N2S2.C13H10FN3O3S.C13H10FN3O2S2/c14-9-4-3-8(6-11(9)20-7-15)18-13(19)12-10(16)2-1-5-17-12;2*14-10-5-4-9(7-12(10)19-8-15)17-13(18)11-3-1-2-6-16-11;2*14-8-19-12-7-9(4-5-10(12)15)17-13(18)11-3-1-2-6-16-11;14-8-21-12-7-9(4-5-11(12)17(19)20)16-13(18)10-3-1-2-6-15-10;14-8-21-12-7-9(4-5-11(12)17(18)19)16-13(20)10-3-1-2-6-15-10/h1-6H,7,16H2,(H,18,19);4*1-7H,8H2,(H,17,18);1-7H,8H2,(H,16,18);1-7H,8H2,(H,16,20)/i7D2;6*8D2. The number of halogens is 12. The number of benzene rings is 7. The molecule has 0 saturated carbocycles. The van der Waals surface area contributed by atoms with E-state index in [2.05, 4.69) is 72.1 Å². The van der Waals surface area contributed by atoms with Crippen molar-refractivity contribution in [2.24, 2.45) is 0 Å². The van der Waals surface area contributed by atoms with Gasteiger partial charge in [0.1, 0.15) is 85.4 Å². The van der Waals surface area contributed by atoms with E-state index < -0.39 is 92.5 Å². The maximum Gasteiger partial charge on any atom is 0.283 e. The van der Waals surface area contributed by atoms with Crippen LogP contribution < -0.4 is 43.0 Å². The van der Waals surface area contributed by atoms with Crippen LogP contribution in [0.4, 0.5) is 96.4 Å². The van der Waals surface area contributed by atoms with Gasteiger partial charge in [-0.2, -0.15) is 0 Å². The second-order valence-corrected chi connectivity index (χ2v) is 33.3. The molecule has 9 N–H and O–H groups in total. The number of nitrogens with zero attached hydrogens (tertiary/aromatic N) is 9. The number of rotatable bonds is 30. The minimum absolute atomic E-state index is 0.0508. The van der Waals surface area contributed by atoms with Gasteiger partial charge in [-0.05, 0) is 200 Å². The van der Waals surface area contributed by atoms with Gasteiger partial charge in [-0.3, -0.25) is 69.3 Å². The van der Waals surface area contributed by atoms with Crippen LogP contribution in [0.5, 0.6) is 0 Å². The number of carbonyl (C=O) groups excluding carboxylic acids is 4. The van der Waals surface area contributed by atoms with Crippen molar-refractivity contribution in [2.45, 2.75) is 34.3 Å². The predicted octanol–water partition coefficient (Wildman–Crippen LogP) is 26.7. The summed E-state index contributed by atoms with van der Waals surface area (Å²) in [4.78, 5) is 97.0. The minimum Gasteiger partial charge on any atom is -0.397 e. The Balaban J connectivity index is 0.000000216. The highest BCUT2D eigenvalue weighted by atomic mass is 35.5. The number of amides is 4. The minimum atomic E-state index is -3.19. The van der Waals surface area contributed by atoms with E-state index in [0.717, 1.165) is 36.4 Å². The Kier molecular flexibility index (Phi) is 39.5. The molecule has 0 unspecified atom stereocenters. The molecule has 7 aromatic carbocycles. The molecule has 0 bridgehead atoms. The normalized spacial score (nSPS) is 12.4. The van der Waals surface area contributed by atoms with E-state index in [4.69, 9.17) is 96.4 Å². The Morgan fingerprint density at radius 1 is 0.312 bits per heavy atom. The summed E-state index contributed by atoms with van der Waals surface area (Å²) in [6.07, 6.45) is 10.6. The second kappa shape index (κ2) is 60.2. The number of nitrogens with two attached hydrogens (primary N) is 1. The first-order valence-corrected chi connectivity index (χ1v) is 45.8. The Bertz CT molecular complexity index is 6560. The van der Waals surface area contributed by atoms with Gasteiger partial charge in [0.2, 0.25) is 0 Å². The summed E-state index contributed by atoms with van der Waals surface area (Å²) in [7, 11) is 0. The molecule has 0 spiro atoms. The summed E-state index contributed by atoms with van der Waals surface area (Å²) in [6, 6.07) is 61.6. The van der Waals surface area contributed by atoms with Gasteiger partial charge in [-0.1, -0.05) is 190 Å². The van der Waals surface area contributed by atoms with Crippen LogP contribution in [0.1, 0.15) is 78.2 Å². The molecule has 47 heteroatoms. The van der Waals surface area contributed by atoms with Gasteiger partial charge in [0.25, 0.3) is 35.0 Å². The molecule has 0 aliphatic heterocycles. The van der Waals surface area contributed by atoms with Crippen molar-refractivity contribution < 1.29 is 87.7 Å². The van der Waals surface area contributed by atoms with Crippen LogP contribution in [0.25, 0.3) is 0 Å². The smallest absolute Gasteiger partial charge is 0.283 e. The summed E-state index contributed by atoms with van der Waals surface area (Å²) in [5.41, 5.74) is 9.82. The third-order valence-corrected chi connectivity index (χ3v) is 22.9. The number of pyridine rings is 7. The lowest BCUT2D eigenvalue weighted by Gasteiger charge is -2.09. The van der Waals surface area contributed by atoms with Gasteiger partial charge in [0.05, 0.1) is 76.7 Å². The van der Waals surface area contributed by atoms with Crippen molar-refractivity contribution in [3.05, 3.63) is 379 Å². The Morgan fingerprint density at radius 3 is 0.812 bits per heavy atom. The quantitative estimate of drug-likeness (QED) is 0.00681. The van der Waals surface area contributed by atoms with E-state index in [0.29, 0.717) is 95.8 Å². The van der Waals surface area contributed by atoms with Crippen LogP contribution in [0, 0.1) is 31.9 Å². The average molecular weight is 2140 g/mol. The van der Waals surface area contributed by atoms with Crippen LogP contribution in [0.15, 0.2) is 326 Å². The monoisotopic (exact) mass is 2140 g/mol. The van der Waals surface area contributed by atoms with E-state index in [9.17, 15) is 78.9 Å². The maximum absolute atomic E-state index is 13.5. The number of nitrogen functional groups attached to an aromatic ring is 1. The van der Waals surface area contributed by atoms with Gasteiger partial charge < -0.3 is 43.0 Å². The molecule has 25 nitrogen and oxygen atoms in total. The second-order valence-electron chi connectivity index (χ2n) is 25.3. The predicted molar refractivity (Wildman–Crippen MR) is 548 cm³/mol. The van der Waals surface area contributed by atoms with E-state index >= 15 is 0 Å². The zero-order valence-corrected chi connectivity index (χ0v) is 79.6. The molecule has 138 heavy (non-hydrogen) atoms. The van der Waals surface area contributed by atoms with E-state index in [1.54, 1.807) is 146 Å². The number of thiocarbonyl (C=S) groups is 3. The molecule has 0 saturated heterocycles. The first kappa shape index (κ1) is 90.6. The fourth-order valence-electron chi connectivity index (χ4n) is 10.2. The first-order chi connectivity index (χ1) is 71.2. The Morgan fingerprint density at radius 2 is 0.543 bits per heavy atom. The molecule has 0 fully saturated rings. The summed E-state index contributed by atoms with van der Waals surface area (Å²) in [5, 5.41) is 41.3. The molecule has 0 aliphatic rings. The van der Waals surface area contributed by atoms with Crippen LogP contribution >= 0.6 is 154 Å². The molecule has 7 aromatic heterocycles. The number of hydrogen-bond acceptors (Lipinski definition) is 26. The fraction of sp³-hybridized carbons (Fsp3) is 0.0769. The molecule has 14 rings (SSSR count). The highest BCUT2D eigenvalue weighted by molar-refractivity contribution is 8.00. The number of aromatic nitrogens is 7. The highest BCUT2D eigenvalue weighted by Gasteiger charge is 2.21. The molecule has 0 atom stereocenters. The number of carbonyl (C=O) groups is 4. The first-order valence-electron chi connectivity index (χ1n) is 44.7. The van der Waals surface area contributed by atoms with E-state index in [1.165, 1.54) is 104 Å². The van der Waals surface area contributed by atoms with Crippen LogP contribution in [-0.2, 0) is 0 Å². The maximum atomic E-state index is 13.5.